The van der Waals surface area contributed by atoms with Gasteiger partial charge >= 0.3 is 0 Å². The van der Waals surface area contributed by atoms with Crippen LogP contribution in [0.4, 0.5) is 0 Å². The van der Waals surface area contributed by atoms with Crippen LogP contribution in [0.25, 0.3) is 0 Å². The Morgan fingerprint density at radius 3 is 2.77 bits per heavy atom. The summed E-state index contributed by atoms with van der Waals surface area (Å²) >= 11 is 0. The van der Waals surface area contributed by atoms with E-state index in [1.165, 1.54) is 5.56 Å². The molecule has 6 rings (SSSR count). The lowest BCUT2D eigenvalue weighted by Gasteiger charge is -2.49. The van der Waals surface area contributed by atoms with E-state index in [2.05, 4.69) is 62.9 Å². The number of benzene rings is 1. The van der Waals surface area contributed by atoms with Crippen LogP contribution in [0.5, 0.6) is 0 Å². The number of amides is 1. The van der Waals surface area contributed by atoms with Gasteiger partial charge in [-0.1, -0.05) is 35.5 Å². The van der Waals surface area contributed by atoms with Crippen molar-refractivity contribution in [2.24, 2.45) is 11.8 Å². The number of aromatic nitrogens is 3. The van der Waals surface area contributed by atoms with Crippen molar-refractivity contribution in [2.75, 3.05) is 20.1 Å². The van der Waals surface area contributed by atoms with Crippen molar-refractivity contribution in [3.05, 3.63) is 47.8 Å². The molecule has 4 fully saturated rings. The van der Waals surface area contributed by atoms with E-state index >= 15 is 0 Å². The van der Waals surface area contributed by atoms with Crippen molar-refractivity contribution in [1.82, 2.24) is 30.1 Å². The molecule has 1 aromatic heterocycles. The van der Waals surface area contributed by atoms with Crippen molar-refractivity contribution in [1.29, 1.82) is 0 Å². The molecule has 3 aliphatic heterocycles. The first kappa shape index (κ1) is 19.7. The van der Waals surface area contributed by atoms with Crippen LogP contribution in [0.2, 0.25) is 0 Å². The van der Waals surface area contributed by atoms with E-state index < -0.39 is 0 Å². The van der Waals surface area contributed by atoms with Gasteiger partial charge in [0.05, 0.1) is 18.2 Å². The zero-order valence-electron chi connectivity index (χ0n) is 17.8. The molecule has 2 unspecified atom stereocenters. The molecule has 0 spiro atoms. The summed E-state index contributed by atoms with van der Waals surface area (Å²) in [6.45, 7) is 4.55. The standard InChI is InChI=1S/C23H32N6O/c1-27(12-17-5-3-2-4-6-17)13-20-14-29(26-25-20)15-21-11-18-9-10-28(21)16-22(18)23(30)24-19-7-8-19/h2-6,14,18-19,21-22H,7-13,15-16H2,1H3,(H,24,30)/t18?,21-,22+/m1/s1. The number of fused-ring (bicyclic) bond motifs is 3. The van der Waals surface area contributed by atoms with Crippen LogP contribution in [0.3, 0.4) is 0 Å². The Labute approximate surface area is 178 Å². The number of carbonyl (C=O) groups excluding carboxylic acids is 1. The first-order valence-corrected chi connectivity index (χ1v) is 11.3. The maximum absolute atomic E-state index is 12.6. The maximum atomic E-state index is 12.6. The van der Waals surface area contributed by atoms with E-state index in [0.29, 0.717) is 18.0 Å². The maximum Gasteiger partial charge on any atom is 0.224 e. The van der Waals surface area contributed by atoms with Gasteiger partial charge in [-0.25, -0.2) is 0 Å². The zero-order valence-corrected chi connectivity index (χ0v) is 17.8. The molecule has 4 aliphatic rings. The molecular formula is C23H32N6O. The third-order valence-electron chi connectivity index (χ3n) is 6.85. The van der Waals surface area contributed by atoms with Crippen LogP contribution in [0.15, 0.2) is 36.5 Å². The Bertz CT molecular complexity index is 864. The minimum atomic E-state index is 0.175. The lowest BCUT2D eigenvalue weighted by atomic mass is 9.75. The van der Waals surface area contributed by atoms with Crippen LogP contribution in [-0.4, -0.2) is 62.9 Å². The van der Waals surface area contributed by atoms with Crippen LogP contribution < -0.4 is 5.32 Å². The number of carbonyl (C=O) groups is 1. The highest BCUT2D eigenvalue weighted by Crippen LogP contribution is 2.37. The molecule has 2 bridgehead atoms. The highest BCUT2D eigenvalue weighted by Gasteiger charge is 2.44. The Morgan fingerprint density at radius 2 is 2.03 bits per heavy atom. The topological polar surface area (TPSA) is 66.3 Å². The van der Waals surface area contributed by atoms with Crippen molar-refractivity contribution < 1.29 is 4.79 Å². The van der Waals surface area contributed by atoms with E-state index in [4.69, 9.17) is 0 Å². The Balaban J connectivity index is 1.14. The van der Waals surface area contributed by atoms with Crippen LogP contribution in [-0.2, 0) is 24.4 Å². The normalized spacial score (nSPS) is 28.1. The van der Waals surface area contributed by atoms with E-state index in [9.17, 15) is 4.79 Å². The van der Waals surface area contributed by atoms with Gasteiger partial charge < -0.3 is 5.32 Å². The fourth-order valence-corrected chi connectivity index (χ4v) is 5.10. The zero-order chi connectivity index (χ0) is 20.5. The van der Waals surface area contributed by atoms with Crippen molar-refractivity contribution in [3.63, 3.8) is 0 Å². The number of hydrogen-bond acceptors (Lipinski definition) is 5. The minimum absolute atomic E-state index is 0.175. The number of hydrogen-bond donors (Lipinski definition) is 1. The SMILES string of the molecule is CN(Cc1ccccc1)Cc1cn(C[C@H]2CC3CCN2C[C@@H]3C(=O)NC2CC2)nn1. The first-order valence-electron chi connectivity index (χ1n) is 11.3. The molecule has 3 saturated heterocycles. The van der Waals surface area contributed by atoms with E-state index in [-0.39, 0.29) is 11.8 Å². The fraction of sp³-hybridized carbons (Fsp3) is 0.609. The Kier molecular flexibility index (Phi) is 5.56. The summed E-state index contributed by atoms with van der Waals surface area (Å²) in [4.78, 5) is 17.3. The largest absolute Gasteiger partial charge is 0.353 e. The average molecular weight is 409 g/mol. The summed E-state index contributed by atoms with van der Waals surface area (Å²) in [7, 11) is 2.12. The van der Waals surface area contributed by atoms with Gasteiger partial charge in [0.25, 0.3) is 0 Å². The molecule has 2 aromatic rings. The molecule has 1 amide bonds. The molecule has 7 nitrogen and oxygen atoms in total. The third-order valence-corrected chi connectivity index (χ3v) is 6.85. The predicted molar refractivity (Wildman–Crippen MR) is 114 cm³/mol. The molecule has 1 saturated carbocycles. The number of nitrogens with one attached hydrogen (secondary N) is 1. The highest BCUT2D eigenvalue weighted by atomic mass is 16.2. The third kappa shape index (κ3) is 4.57. The molecule has 1 aliphatic carbocycles. The Morgan fingerprint density at radius 1 is 1.20 bits per heavy atom. The fourth-order valence-electron chi connectivity index (χ4n) is 5.10. The van der Waals surface area contributed by atoms with Gasteiger partial charge in [0.15, 0.2) is 0 Å². The summed E-state index contributed by atoms with van der Waals surface area (Å²) in [6, 6.07) is 11.4. The monoisotopic (exact) mass is 408 g/mol. The van der Waals surface area contributed by atoms with Crippen LogP contribution >= 0.6 is 0 Å². The van der Waals surface area contributed by atoms with E-state index in [0.717, 1.165) is 64.1 Å². The van der Waals surface area contributed by atoms with Crippen molar-refractivity contribution >= 4 is 5.91 Å². The molecule has 4 heterocycles. The molecule has 30 heavy (non-hydrogen) atoms. The van der Waals surface area contributed by atoms with Gasteiger partial charge in [0.1, 0.15) is 0 Å². The lowest BCUT2D eigenvalue weighted by Crippen LogP contribution is -2.58. The molecular weight excluding hydrogens is 376 g/mol. The number of nitrogens with zero attached hydrogens (tertiary/aromatic N) is 5. The summed E-state index contributed by atoms with van der Waals surface area (Å²) < 4.78 is 2.00. The van der Waals surface area contributed by atoms with E-state index in [1.807, 2.05) is 10.7 Å². The molecule has 160 valence electrons. The summed E-state index contributed by atoms with van der Waals surface area (Å²) in [5, 5.41) is 12.0. The van der Waals surface area contributed by atoms with Gasteiger partial charge in [-0.2, -0.15) is 0 Å². The second kappa shape index (κ2) is 8.47. The molecule has 0 radical (unpaired) electrons. The predicted octanol–water partition coefficient (Wildman–Crippen LogP) is 1.90. The summed E-state index contributed by atoms with van der Waals surface area (Å²) in [5.41, 5.74) is 2.31. The van der Waals surface area contributed by atoms with Gasteiger partial charge in [0.2, 0.25) is 5.91 Å². The van der Waals surface area contributed by atoms with Crippen LogP contribution in [0, 0.1) is 11.8 Å². The van der Waals surface area contributed by atoms with Crippen molar-refractivity contribution in [3.8, 4) is 0 Å². The second-order valence-electron chi connectivity index (χ2n) is 9.41. The quantitative estimate of drug-likeness (QED) is 0.723. The summed E-state index contributed by atoms with van der Waals surface area (Å²) in [5.74, 6) is 0.974. The van der Waals surface area contributed by atoms with E-state index in [1.54, 1.807) is 0 Å². The summed E-state index contributed by atoms with van der Waals surface area (Å²) in [6.07, 6.45) is 6.63. The van der Waals surface area contributed by atoms with Gasteiger partial charge in [-0.05, 0) is 50.8 Å². The molecule has 7 heteroatoms. The smallest absolute Gasteiger partial charge is 0.224 e. The highest BCUT2D eigenvalue weighted by molar-refractivity contribution is 5.80. The first-order chi connectivity index (χ1) is 14.6. The molecule has 4 atom stereocenters. The van der Waals surface area contributed by atoms with Gasteiger partial charge in [-0.3, -0.25) is 19.3 Å². The van der Waals surface area contributed by atoms with Gasteiger partial charge in [0, 0.05) is 37.9 Å². The molecule has 1 aromatic carbocycles. The number of piperidine rings is 3. The average Bonchev–Trinajstić information content (AvgIpc) is 3.46. The van der Waals surface area contributed by atoms with Crippen molar-refractivity contribution in [2.45, 2.75) is 57.4 Å². The number of rotatable bonds is 8. The molecule has 1 N–H and O–H groups in total. The lowest BCUT2D eigenvalue weighted by molar-refractivity contribution is -0.133. The van der Waals surface area contributed by atoms with Gasteiger partial charge in [-0.15, -0.1) is 5.10 Å². The van der Waals surface area contributed by atoms with Crippen LogP contribution in [0.1, 0.15) is 36.9 Å². The minimum Gasteiger partial charge on any atom is -0.353 e. The second-order valence-corrected chi connectivity index (χ2v) is 9.41. The Hall–Kier alpha value is -2.25.